The van der Waals surface area contributed by atoms with Gasteiger partial charge in [-0.05, 0) is 26.7 Å². The minimum Gasteiger partial charge on any atom is -0.308 e. The topological polar surface area (TPSA) is 37.8 Å². The predicted octanol–water partition coefficient (Wildman–Crippen LogP) is 3.11. The standard InChI is InChI=1S/C13H23N3S/c1-10(2)9-17-12-14-6-11(7-15-12)8-16-13(3,4)5/h6-7,10,16H,8-9H2,1-5H3. The Kier molecular flexibility index (Phi) is 5.40. The number of nitrogens with zero attached hydrogens (tertiary/aromatic N) is 2. The molecule has 0 saturated heterocycles. The molecule has 0 spiro atoms. The van der Waals surface area contributed by atoms with E-state index in [0.717, 1.165) is 23.0 Å². The fourth-order valence-electron chi connectivity index (χ4n) is 1.12. The number of hydrogen-bond acceptors (Lipinski definition) is 4. The smallest absolute Gasteiger partial charge is 0.187 e. The highest BCUT2D eigenvalue weighted by Crippen LogP contribution is 2.15. The number of aromatic nitrogens is 2. The van der Waals surface area contributed by atoms with Crippen molar-refractivity contribution >= 4 is 11.8 Å². The van der Waals surface area contributed by atoms with Crippen LogP contribution < -0.4 is 5.32 Å². The second-order valence-corrected chi connectivity index (χ2v) is 6.67. The fraction of sp³-hybridized carbons (Fsp3) is 0.692. The normalized spacial score (nSPS) is 12.1. The van der Waals surface area contributed by atoms with Gasteiger partial charge < -0.3 is 5.32 Å². The van der Waals surface area contributed by atoms with Crippen LogP contribution in [0.15, 0.2) is 17.6 Å². The summed E-state index contributed by atoms with van der Waals surface area (Å²) in [7, 11) is 0. The molecule has 0 aliphatic heterocycles. The summed E-state index contributed by atoms with van der Waals surface area (Å²) in [5, 5.41) is 4.29. The van der Waals surface area contributed by atoms with Crippen molar-refractivity contribution in [3.8, 4) is 0 Å². The van der Waals surface area contributed by atoms with Crippen molar-refractivity contribution in [1.82, 2.24) is 15.3 Å². The molecule has 0 aliphatic carbocycles. The van der Waals surface area contributed by atoms with Crippen molar-refractivity contribution < 1.29 is 0 Å². The number of nitrogens with one attached hydrogen (secondary N) is 1. The molecule has 0 bridgehead atoms. The Morgan fingerprint density at radius 1 is 1.24 bits per heavy atom. The van der Waals surface area contributed by atoms with Crippen LogP contribution in [-0.4, -0.2) is 21.3 Å². The number of hydrogen-bond donors (Lipinski definition) is 1. The van der Waals surface area contributed by atoms with Crippen molar-refractivity contribution in [2.45, 2.75) is 51.9 Å². The maximum Gasteiger partial charge on any atom is 0.187 e. The average molecular weight is 253 g/mol. The van der Waals surface area contributed by atoms with Gasteiger partial charge in [-0.3, -0.25) is 0 Å². The van der Waals surface area contributed by atoms with E-state index in [4.69, 9.17) is 0 Å². The van der Waals surface area contributed by atoms with Gasteiger partial charge in [-0.2, -0.15) is 0 Å². The van der Waals surface area contributed by atoms with Crippen LogP contribution in [0.3, 0.4) is 0 Å². The van der Waals surface area contributed by atoms with Crippen molar-refractivity contribution in [2.75, 3.05) is 5.75 Å². The van der Waals surface area contributed by atoms with Crippen LogP contribution in [0.2, 0.25) is 0 Å². The largest absolute Gasteiger partial charge is 0.308 e. The Labute approximate surface area is 109 Å². The SMILES string of the molecule is CC(C)CSc1ncc(CNC(C)(C)C)cn1. The zero-order valence-corrected chi connectivity index (χ0v) is 12.3. The van der Waals surface area contributed by atoms with E-state index in [0.29, 0.717) is 5.92 Å². The van der Waals surface area contributed by atoms with Gasteiger partial charge in [0, 0.05) is 35.8 Å². The molecule has 1 aromatic heterocycles. The highest BCUT2D eigenvalue weighted by atomic mass is 32.2. The first kappa shape index (κ1) is 14.5. The zero-order valence-electron chi connectivity index (χ0n) is 11.4. The van der Waals surface area contributed by atoms with Crippen LogP contribution in [0, 0.1) is 5.92 Å². The van der Waals surface area contributed by atoms with Crippen molar-refractivity contribution in [1.29, 1.82) is 0 Å². The second kappa shape index (κ2) is 6.36. The van der Waals surface area contributed by atoms with Gasteiger partial charge in [0.1, 0.15) is 0 Å². The molecule has 0 unspecified atom stereocenters. The third-order valence-corrected chi connectivity index (χ3v) is 3.35. The molecule has 96 valence electrons. The molecule has 0 aromatic carbocycles. The minimum atomic E-state index is 0.130. The summed E-state index contributed by atoms with van der Waals surface area (Å²) in [6, 6.07) is 0. The molecule has 3 nitrogen and oxygen atoms in total. The van der Waals surface area contributed by atoms with Gasteiger partial charge in [-0.1, -0.05) is 25.6 Å². The Morgan fingerprint density at radius 3 is 2.29 bits per heavy atom. The van der Waals surface area contributed by atoms with Crippen LogP contribution in [-0.2, 0) is 6.54 Å². The predicted molar refractivity (Wildman–Crippen MR) is 74.2 cm³/mol. The highest BCUT2D eigenvalue weighted by molar-refractivity contribution is 7.99. The van der Waals surface area contributed by atoms with Gasteiger partial charge >= 0.3 is 0 Å². The lowest BCUT2D eigenvalue weighted by Gasteiger charge is -2.20. The summed E-state index contributed by atoms with van der Waals surface area (Å²) >= 11 is 1.72. The van der Waals surface area contributed by atoms with E-state index in [1.165, 1.54) is 0 Å². The van der Waals surface area contributed by atoms with E-state index in [2.05, 4.69) is 49.9 Å². The number of thioether (sulfide) groups is 1. The molecule has 1 heterocycles. The summed E-state index contributed by atoms with van der Waals surface area (Å²) in [5.41, 5.74) is 1.26. The quantitative estimate of drug-likeness (QED) is 0.646. The maximum atomic E-state index is 4.36. The average Bonchev–Trinajstić information content (AvgIpc) is 2.24. The summed E-state index contributed by atoms with van der Waals surface area (Å²) in [6.07, 6.45) is 3.82. The first-order valence-corrected chi connectivity index (χ1v) is 7.04. The van der Waals surface area contributed by atoms with Crippen LogP contribution in [0.5, 0.6) is 0 Å². The molecule has 1 N–H and O–H groups in total. The third kappa shape index (κ3) is 6.64. The summed E-state index contributed by atoms with van der Waals surface area (Å²) < 4.78 is 0. The molecular weight excluding hydrogens is 230 g/mol. The first-order valence-electron chi connectivity index (χ1n) is 6.05. The molecule has 1 aromatic rings. The van der Waals surface area contributed by atoms with E-state index in [1.54, 1.807) is 11.8 Å². The monoisotopic (exact) mass is 253 g/mol. The van der Waals surface area contributed by atoms with E-state index < -0.39 is 0 Å². The lowest BCUT2D eigenvalue weighted by molar-refractivity contribution is 0.423. The van der Waals surface area contributed by atoms with Gasteiger partial charge in [0.2, 0.25) is 0 Å². The minimum absolute atomic E-state index is 0.130. The van der Waals surface area contributed by atoms with Crippen LogP contribution in [0.25, 0.3) is 0 Å². The third-order valence-electron chi connectivity index (χ3n) is 2.05. The van der Waals surface area contributed by atoms with Gasteiger partial charge in [0.25, 0.3) is 0 Å². The van der Waals surface area contributed by atoms with Crippen molar-refractivity contribution in [2.24, 2.45) is 5.92 Å². The first-order chi connectivity index (χ1) is 7.87. The zero-order chi connectivity index (χ0) is 12.9. The van der Waals surface area contributed by atoms with Crippen LogP contribution in [0.4, 0.5) is 0 Å². The fourth-order valence-corrected chi connectivity index (χ4v) is 1.85. The van der Waals surface area contributed by atoms with Crippen LogP contribution in [0.1, 0.15) is 40.2 Å². The van der Waals surface area contributed by atoms with E-state index in [9.17, 15) is 0 Å². The molecule has 1 rings (SSSR count). The summed E-state index contributed by atoms with van der Waals surface area (Å²) in [6.45, 7) is 11.7. The Morgan fingerprint density at radius 2 is 1.82 bits per heavy atom. The lowest BCUT2D eigenvalue weighted by Crippen LogP contribution is -2.35. The van der Waals surface area contributed by atoms with Crippen LogP contribution >= 0.6 is 11.8 Å². The van der Waals surface area contributed by atoms with E-state index in [-0.39, 0.29) is 5.54 Å². The Bertz CT molecular complexity index is 328. The number of rotatable bonds is 5. The molecule has 0 aliphatic rings. The molecule has 0 atom stereocenters. The molecule has 17 heavy (non-hydrogen) atoms. The van der Waals surface area contributed by atoms with Crippen molar-refractivity contribution in [3.05, 3.63) is 18.0 Å². The van der Waals surface area contributed by atoms with Crippen molar-refractivity contribution in [3.63, 3.8) is 0 Å². The molecule has 0 saturated carbocycles. The van der Waals surface area contributed by atoms with E-state index >= 15 is 0 Å². The molecular formula is C13H23N3S. The molecule has 0 fully saturated rings. The van der Waals surface area contributed by atoms with E-state index in [1.807, 2.05) is 12.4 Å². The maximum absolute atomic E-state index is 4.36. The van der Waals surface area contributed by atoms with Gasteiger partial charge in [-0.15, -0.1) is 0 Å². The Hall–Kier alpha value is -0.610. The summed E-state index contributed by atoms with van der Waals surface area (Å²) in [5.74, 6) is 1.74. The molecule has 0 radical (unpaired) electrons. The Balaban J connectivity index is 2.45. The van der Waals surface area contributed by atoms with Gasteiger partial charge in [0.05, 0.1) is 0 Å². The lowest BCUT2D eigenvalue weighted by atomic mass is 10.1. The molecule has 0 amide bonds. The summed E-state index contributed by atoms with van der Waals surface area (Å²) in [4.78, 5) is 8.73. The second-order valence-electron chi connectivity index (χ2n) is 5.68. The highest BCUT2D eigenvalue weighted by Gasteiger charge is 2.08. The van der Waals surface area contributed by atoms with Gasteiger partial charge in [0.15, 0.2) is 5.16 Å². The van der Waals surface area contributed by atoms with Gasteiger partial charge in [-0.25, -0.2) is 9.97 Å². The molecule has 4 heteroatoms.